The lowest BCUT2D eigenvalue weighted by Crippen LogP contribution is -2.18. The van der Waals surface area contributed by atoms with Crippen LogP contribution in [0.25, 0.3) is 16.7 Å². The van der Waals surface area contributed by atoms with Crippen LogP contribution in [0, 0.1) is 0 Å². The normalized spacial score (nSPS) is 15.8. The van der Waals surface area contributed by atoms with E-state index in [1.54, 1.807) is 6.08 Å². The molecule has 0 unspecified atom stereocenters. The summed E-state index contributed by atoms with van der Waals surface area (Å²) in [6, 6.07) is 18.2. The number of carboxylic acid groups (broad SMARTS) is 1. The average molecular weight is 343 g/mol. The third kappa shape index (κ3) is 3.72. The van der Waals surface area contributed by atoms with E-state index in [1.165, 1.54) is 0 Å². The van der Waals surface area contributed by atoms with Crippen LogP contribution in [-0.4, -0.2) is 22.8 Å². The number of aliphatic carboxylic acids is 1. The summed E-state index contributed by atoms with van der Waals surface area (Å²) in [5, 5.41) is 9.58. The lowest BCUT2D eigenvalue weighted by atomic mass is 9.89. The summed E-state index contributed by atoms with van der Waals surface area (Å²) >= 11 is 0. The van der Waals surface area contributed by atoms with E-state index in [-0.39, 0.29) is 11.6 Å². The molecule has 0 saturated heterocycles. The molecule has 3 rings (SSSR count). The fraction of sp³-hybridized carbons (Fsp3) is 0.130. The molecule has 0 fully saturated rings. The maximum atomic E-state index is 11.7. The number of carboxylic acids is 1. The Morgan fingerprint density at radius 2 is 1.50 bits per heavy atom. The van der Waals surface area contributed by atoms with Crippen LogP contribution in [0.15, 0.2) is 89.5 Å². The molecule has 1 N–H and O–H groups in total. The first kappa shape index (κ1) is 17.6. The van der Waals surface area contributed by atoms with E-state index in [4.69, 9.17) is 0 Å². The first-order valence-electron chi connectivity index (χ1n) is 8.55. The minimum absolute atomic E-state index is 0.00426. The first-order valence-corrected chi connectivity index (χ1v) is 8.55. The Kier molecular flexibility index (Phi) is 4.99. The van der Waals surface area contributed by atoms with E-state index in [9.17, 15) is 9.90 Å². The molecular weight excluding hydrogens is 322 g/mol. The highest BCUT2D eigenvalue weighted by molar-refractivity contribution is 6.30. The first-order chi connectivity index (χ1) is 12.5. The van der Waals surface area contributed by atoms with Gasteiger partial charge in [0.15, 0.2) is 0 Å². The van der Waals surface area contributed by atoms with Crippen molar-refractivity contribution in [1.82, 2.24) is 0 Å². The molecule has 0 spiro atoms. The molecule has 0 aromatic heterocycles. The maximum Gasteiger partial charge on any atom is 0.337 e. The Morgan fingerprint density at radius 3 is 2.08 bits per heavy atom. The third-order valence-corrected chi connectivity index (χ3v) is 4.13. The summed E-state index contributed by atoms with van der Waals surface area (Å²) in [6.07, 6.45) is 3.57. The van der Waals surface area contributed by atoms with Crippen LogP contribution in [0.3, 0.4) is 0 Å². The van der Waals surface area contributed by atoms with Crippen LogP contribution >= 0.6 is 0 Å². The van der Waals surface area contributed by atoms with E-state index in [2.05, 4.69) is 23.7 Å². The van der Waals surface area contributed by atoms with Crippen molar-refractivity contribution in [1.29, 1.82) is 0 Å². The molecular formula is C23H21NO2. The number of carbonyl (C=O) groups is 1. The topological polar surface area (TPSA) is 49.7 Å². The quantitative estimate of drug-likeness (QED) is 0.833. The monoisotopic (exact) mass is 343 g/mol. The highest BCUT2D eigenvalue weighted by Crippen LogP contribution is 2.29. The van der Waals surface area contributed by atoms with Gasteiger partial charge in [-0.05, 0) is 53.8 Å². The number of allylic oxidation sites excluding steroid dienone is 4. The van der Waals surface area contributed by atoms with Gasteiger partial charge in [0, 0.05) is 6.04 Å². The Hall–Kier alpha value is -3.20. The van der Waals surface area contributed by atoms with Crippen molar-refractivity contribution in [3.05, 3.63) is 90.0 Å². The summed E-state index contributed by atoms with van der Waals surface area (Å²) in [4.78, 5) is 16.1. The van der Waals surface area contributed by atoms with Gasteiger partial charge in [-0.2, -0.15) is 0 Å². The fourth-order valence-electron chi connectivity index (χ4n) is 2.92. The second-order valence-electron chi connectivity index (χ2n) is 6.50. The smallest absolute Gasteiger partial charge is 0.337 e. The summed E-state index contributed by atoms with van der Waals surface area (Å²) in [5.74, 6) is -0.989. The summed E-state index contributed by atoms with van der Waals surface area (Å²) < 4.78 is 0. The number of nitrogens with zero attached hydrogens (tertiary/aromatic N) is 1. The van der Waals surface area contributed by atoms with Crippen LogP contribution in [0.1, 0.15) is 19.4 Å². The van der Waals surface area contributed by atoms with E-state index in [0.29, 0.717) is 11.3 Å². The average Bonchev–Trinajstić information content (AvgIpc) is 2.63. The van der Waals surface area contributed by atoms with Crippen molar-refractivity contribution >= 4 is 17.3 Å². The van der Waals surface area contributed by atoms with Crippen molar-refractivity contribution in [3.63, 3.8) is 0 Å². The lowest BCUT2D eigenvalue weighted by Gasteiger charge is -2.17. The summed E-state index contributed by atoms with van der Waals surface area (Å²) in [7, 11) is 0. The highest BCUT2D eigenvalue weighted by Gasteiger charge is 2.22. The minimum atomic E-state index is -0.989. The molecule has 3 heteroatoms. The van der Waals surface area contributed by atoms with Crippen LogP contribution in [-0.2, 0) is 4.79 Å². The van der Waals surface area contributed by atoms with Crippen LogP contribution in [0.4, 0.5) is 0 Å². The van der Waals surface area contributed by atoms with Crippen molar-refractivity contribution in [2.24, 2.45) is 4.99 Å². The Bertz CT molecular complexity index is 930. The molecule has 0 radical (unpaired) electrons. The van der Waals surface area contributed by atoms with Gasteiger partial charge < -0.3 is 5.11 Å². The van der Waals surface area contributed by atoms with Gasteiger partial charge in [0.2, 0.25) is 0 Å². The zero-order chi connectivity index (χ0) is 18.7. The molecule has 0 saturated carbocycles. The SMILES string of the molecule is C=C1C=C(c2ccc(-c3ccccc3)cc2)C=C(C(=O)O)/C1=N/C(C)C. The number of hydrogen-bond donors (Lipinski definition) is 1. The minimum Gasteiger partial charge on any atom is -0.478 e. The second-order valence-corrected chi connectivity index (χ2v) is 6.50. The predicted octanol–water partition coefficient (Wildman–Crippen LogP) is 5.17. The van der Waals surface area contributed by atoms with Gasteiger partial charge in [-0.3, -0.25) is 4.99 Å². The second kappa shape index (κ2) is 7.36. The molecule has 0 bridgehead atoms. The van der Waals surface area contributed by atoms with Crippen molar-refractivity contribution in [2.75, 3.05) is 0 Å². The van der Waals surface area contributed by atoms with E-state index >= 15 is 0 Å². The molecule has 3 nitrogen and oxygen atoms in total. The number of aliphatic imine (C=N–C) groups is 1. The summed E-state index contributed by atoms with van der Waals surface area (Å²) in [5.41, 5.74) is 5.32. The van der Waals surface area contributed by atoms with Crippen molar-refractivity contribution in [3.8, 4) is 11.1 Å². The van der Waals surface area contributed by atoms with Crippen LogP contribution < -0.4 is 0 Å². The van der Waals surface area contributed by atoms with E-state index in [1.807, 2.05) is 62.4 Å². The van der Waals surface area contributed by atoms with Gasteiger partial charge in [-0.15, -0.1) is 0 Å². The largest absolute Gasteiger partial charge is 0.478 e. The third-order valence-electron chi connectivity index (χ3n) is 4.13. The van der Waals surface area contributed by atoms with Gasteiger partial charge in [-0.1, -0.05) is 61.2 Å². The van der Waals surface area contributed by atoms with Gasteiger partial charge in [0.25, 0.3) is 0 Å². The van der Waals surface area contributed by atoms with E-state index in [0.717, 1.165) is 22.3 Å². The molecule has 0 heterocycles. The summed E-state index contributed by atoms with van der Waals surface area (Å²) in [6.45, 7) is 7.85. The predicted molar refractivity (Wildman–Crippen MR) is 107 cm³/mol. The molecule has 26 heavy (non-hydrogen) atoms. The van der Waals surface area contributed by atoms with Crippen molar-refractivity contribution in [2.45, 2.75) is 19.9 Å². The fourth-order valence-corrected chi connectivity index (χ4v) is 2.92. The van der Waals surface area contributed by atoms with Gasteiger partial charge >= 0.3 is 5.97 Å². The van der Waals surface area contributed by atoms with E-state index < -0.39 is 5.97 Å². The zero-order valence-electron chi connectivity index (χ0n) is 14.9. The Balaban J connectivity index is 1.97. The lowest BCUT2D eigenvalue weighted by molar-refractivity contribution is -0.132. The molecule has 0 amide bonds. The highest BCUT2D eigenvalue weighted by atomic mass is 16.4. The number of hydrogen-bond acceptors (Lipinski definition) is 2. The maximum absolute atomic E-state index is 11.7. The van der Waals surface area contributed by atoms with Crippen LogP contribution in [0.5, 0.6) is 0 Å². The Labute approximate surface area is 153 Å². The van der Waals surface area contributed by atoms with Gasteiger partial charge in [-0.25, -0.2) is 4.79 Å². The van der Waals surface area contributed by atoms with Crippen molar-refractivity contribution < 1.29 is 9.90 Å². The number of benzene rings is 2. The van der Waals surface area contributed by atoms with Gasteiger partial charge in [0.1, 0.15) is 0 Å². The molecule has 2 aromatic rings. The zero-order valence-corrected chi connectivity index (χ0v) is 14.9. The van der Waals surface area contributed by atoms with Gasteiger partial charge in [0.05, 0.1) is 11.3 Å². The Morgan fingerprint density at radius 1 is 0.923 bits per heavy atom. The molecule has 0 atom stereocenters. The standard InChI is InChI=1S/C23H21NO2/c1-15(2)24-22-16(3)13-20(14-21(22)23(25)26)19-11-9-18(10-12-19)17-7-5-4-6-8-17/h4-15H,3H2,1-2H3,(H,25,26)/b24-22+. The number of rotatable bonds is 4. The molecule has 2 aromatic carbocycles. The van der Waals surface area contributed by atoms with Crippen LogP contribution in [0.2, 0.25) is 0 Å². The molecule has 0 aliphatic heterocycles. The molecule has 1 aliphatic carbocycles. The molecule has 130 valence electrons. The molecule has 1 aliphatic rings.